The summed E-state index contributed by atoms with van der Waals surface area (Å²) in [6.07, 6.45) is 1.65. The number of ether oxygens (including phenoxy) is 1. The van der Waals surface area contributed by atoms with E-state index < -0.39 is 0 Å². The van der Waals surface area contributed by atoms with Crippen molar-refractivity contribution in [1.29, 1.82) is 0 Å². The number of benzene rings is 1. The number of nitrogen functional groups attached to an aromatic ring is 1. The lowest BCUT2D eigenvalue weighted by Crippen LogP contribution is -2.00. The number of rotatable bonds is 3. The van der Waals surface area contributed by atoms with Crippen molar-refractivity contribution in [3.63, 3.8) is 0 Å². The van der Waals surface area contributed by atoms with E-state index in [0.717, 1.165) is 15.6 Å². The molecule has 6 nitrogen and oxygen atoms in total. The van der Waals surface area contributed by atoms with Crippen LogP contribution in [0.1, 0.15) is 0 Å². The minimum absolute atomic E-state index is 0.211. The second-order valence-corrected chi connectivity index (χ2v) is 5.37. The van der Waals surface area contributed by atoms with Crippen molar-refractivity contribution in [3.8, 4) is 28.4 Å². The van der Waals surface area contributed by atoms with Crippen LogP contribution in [0.3, 0.4) is 0 Å². The molecule has 0 unspecified atom stereocenters. The van der Waals surface area contributed by atoms with Gasteiger partial charge in [0, 0.05) is 27.9 Å². The van der Waals surface area contributed by atoms with Gasteiger partial charge < -0.3 is 10.5 Å². The van der Waals surface area contributed by atoms with Crippen LogP contribution in [0.4, 0.5) is 5.95 Å². The molecule has 0 aliphatic carbocycles. The van der Waals surface area contributed by atoms with Gasteiger partial charge in [-0.1, -0.05) is 28.1 Å². The first-order chi connectivity index (χ1) is 10.7. The second kappa shape index (κ2) is 6.07. The van der Waals surface area contributed by atoms with E-state index in [1.165, 1.54) is 0 Å². The monoisotopic (exact) mass is 357 g/mol. The molecule has 110 valence electrons. The van der Waals surface area contributed by atoms with Crippen molar-refractivity contribution in [1.82, 2.24) is 20.2 Å². The number of nitrogens with zero attached hydrogens (tertiary/aromatic N) is 4. The average Bonchev–Trinajstić information content (AvgIpc) is 2.56. The van der Waals surface area contributed by atoms with Gasteiger partial charge in [0.15, 0.2) is 0 Å². The first-order valence-corrected chi connectivity index (χ1v) is 7.23. The Morgan fingerprint density at radius 1 is 1.05 bits per heavy atom. The molecule has 0 spiro atoms. The van der Waals surface area contributed by atoms with Gasteiger partial charge >= 0.3 is 0 Å². The van der Waals surface area contributed by atoms with Crippen LogP contribution in [-0.2, 0) is 0 Å². The van der Waals surface area contributed by atoms with Gasteiger partial charge in [-0.05, 0) is 18.2 Å². The molecule has 0 radical (unpaired) electrons. The van der Waals surface area contributed by atoms with E-state index >= 15 is 0 Å². The molecule has 0 bridgehead atoms. The molecule has 0 fully saturated rings. The number of hydrogen-bond donors (Lipinski definition) is 1. The third-order valence-electron chi connectivity index (χ3n) is 3.05. The van der Waals surface area contributed by atoms with Crippen LogP contribution in [0.5, 0.6) is 5.88 Å². The fourth-order valence-electron chi connectivity index (χ4n) is 1.98. The van der Waals surface area contributed by atoms with Crippen LogP contribution in [-0.4, -0.2) is 27.3 Å². The lowest BCUT2D eigenvalue weighted by atomic mass is 10.0. The van der Waals surface area contributed by atoms with Crippen molar-refractivity contribution in [3.05, 3.63) is 47.1 Å². The molecule has 7 heteroatoms. The van der Waals surface area contributed by atoms with Crippen molar-refractivity contribution >= 4 is 21.9 Å². The molecule has 0 amide bonds. The number of methoxy groups -OCH3 is 1. The summed E-state index contributed by atoms with van der Waals surface area (Å²) in [5.41, 5.74) is 8.77. The number of nitrogens with two attached hydrogens (primary N) is 1. The molecule has 0 saturated heterocycles. The predicted octanol–water partition coefficient (Wildman–Crippen LogP) is 2.95. The number of hydrogen-bond acceptors (Lipinski definition) is 6. The zero-order valence-corrected chi connectivity index (χ0v) is 13.3. The first kappa shape index (κ1) is 14.4. The first-order valence-electron chi connectivity index (χ1n) is 6.44. The Hall–Kier alpha value is -2.54. The fourth-order valence-corrected chi connectivity index (χ4v) is 2.25. The Balaban J connectivity index is 2.12. The molecule has 3 rings (SSSR count). The molecule has 2 heterocycles. The number of aromatic nitrogens is 4. The van der Waals surface area contributed by atoms with E-state index in [-0.39, 0.29) is 5.95 Å². The lowest BCUT2D eigenvalue weighted by molar-refractivity contribution is 0.392. The summed E-state index contributed by atoms with van der Waals surface area (Å²) in [7, 11) is 1.54. The van der Waals surface area contributed by atoms with Crippen molar-refractivity contribution in [2.75, 3.05) is 12.8 Å². The summed E-state index contributed by atoms with van der Waals surface area (Å²) in [4.78, 5) is 8.40. The van der Waals surface area contributed by atoms with E-state index in [4.69, 9.17) is 10.5 Å². The van der Waals surface area contributed by atoms with Gasteiger partial charge in [0.1, 0.15) is 0 Å². The number of halogens is 1. The molecule has 0 atom stereocenters. The number of anilines is 1. The molecule has 0 aliphatic heterocycles. The molecule has 0 saturated carbocycles. The highest BCUT2D eigenvalue weighted by atomic mass is 79.9. The minimum atomic E-state index is 0.211. The Morgan fingerprint density at radius 3 is 2.45 bits per heavy atom. The van der Waals surface area contributed by atoms with Crippen molar-refractivity contribution in [2.45, 2.75) is 0 Å². The van der Waals surface area contributed by atoms with E-state index in [1.54, 1.807) is 19.4 Å². The van der Waals surface area contributed by atoms with Crippen molar-refractivity contribution in [2.24, 2.45) is 0 Å². The largest absolute Gasteiger partial charge is 0.480 e. The summed E-state index contributed by atoms with van der Waals surface area (Å²) < 4.78 is 6.01. The quantitative estimate of drug-likeness (QED) is 0.775. The minimum Gasteiger partial charge on any atom is -0.480 e. The maximum atomic E-state index is 5.73. The summed E-state index contributed by atoms with van der Waals surface area (Å²) in [5, 5.41) is 8.13. The van der Waals surface area contributed by atoms with Gasteiger partial charge in [0.2, 0.25) is 11.8 Å². The van der Waals surface area contributed by atoms with Crippen LogP contribution < -0.4 is 10.5 Å². The topological polar surface area (TPSA) is 86.8 Å². The van der Waals surface area contributed by atoms with Crippen LogP contribution in [0.25, 0.3) is 22.5 Å². The zero-order chi connectivity index (χ0) is 15.5. The molecule has 1 aromatic carbocycles. The van der Waals surface area contributed by atoms with Gasteiger partial charge in [-0.2, -0.15) is 0 Å². The summed E-state index contributed by atoms with van der Waals surface area (Å²) >= 11 is 3.42. The zero-order valence-electron chi connectivity index (χ0n) is 11.7. The summed E-state index contributed by atoms with van der Waals surface area (Å²) in [6, 6.07) is 11.3. The third kappa shape index (κ3) is 2.89. The Labute approximate surface area is 135 Å². The fraction of sp³-hybridized carbons (Fsp3) is 0.0667. The van der Waals surface area contributed by atoms with E-state index in [1.807, 2.05) is 30.3 Å². The maximum absolute atomic E-state index is 5.73. The highest BCUT2D eigenvalue weighted by Gasteiger charge is 2.12. The third-order valence-corrected chi connectivity index (χ3v) is 3.58. The standard InChI is InChI=1S/C15H12BrN5O/c1-22-13-7-6-12(20-21-13)11-8-18-15(17)19-14(11)9-2-4-10(16)5-3-9/h2-8H,1H3,(H2,17,18,19). The molecule has 2 aromatic heterocycles. The van der Waals surface area contributed by atoms with Crippen LogP contribution in [0.15, 0.2) is 47.1 Å². The van der Waals surface area contributed by atoms with Crippen LogP contribution >= 0.6 is 15.9 Å². The smallest absolute Gasteiger partial charge is 0.233 e. The summed E-state index contributed by atoms with van der Waals surface area (Å²) in [5.74, 6) is 0.661. The van der Waals surface area contributed by atoms with Gasteiger partial charge in [0.25, 0.3) is 0 Å². The Kier molecular flexibility index (Phi) is 3.97. The molecular formula is C15H12BrN5O. The van der Waals surface area contributed by atoms with E-state index in [2.05, 4.69) is 36.1 Å². The van der Waals surface area contributed by atoms with Gasteiger partial charge in [-0.3, -0.25) is 0 Å². The lowest BCUT2D eigenvalue weighted by Gasteiger charge is -2.09. The van der Waals surface area contributed by atoms with Crippen molar-refractivity contribution < 1.29 is 4.74 Å². The normalized spacial score (nSPS) is 10.5. The Bertz CT molecular complexity index is 790. The Morgan fingerprint density at radius 2 is 1.82 bits per heavy atom. The molecule has 2 N–H and O–H groups in total. The highest BCUT2D eigenvalue weighted by Crippen LogP contribution is 2.30. The second-order valence-electron chi connectivity index (χ2n) is 4.46. The van der Waals surface area contributed by atoms with Gasteiger partial charge in [0.05, 0.1) is 18.5 Å². The van der Waals surface area contributed by atoms with Gasteiger partial charge in [-0.15, -0.1) is 10.2 Å². The molecule has 22 heavy (non-hydrogen) atoms. The summed E-state index contributed by atoms with van der Waals surface area (Å²) in [6.45, 7) is 0. The maximum Gasteiger partial charge on any atom is 0.233 e. The van der Waals surface area contributed by atoms with E-state index in [9.17, 15) is 0 Å². The predicted molar refractivity (Wildman–Crippen MR) is 87.2 cm³/mol. The van der Waals surface area contributed by atoms with Gasteiger partial charge in [-0.25, -0.2) is 9.97 Å². The molecular weight excluding hydrogens is 346 g/mol. The average molecular weight is 358 g/mol. The highest BCUT2D eigenvalue weighted by molar-refractivity contribution is 9.10. The molecule has 3 aromatic rings. The van der Waals surface area contributed by atoms with Crippen LogP contribution in [0, 0.1) is 0 Å². The molecule has 0 aliphatic rings. The van der Waals surface area contributed by atoms with E-state index in [0.29, 0.717) is 17.3 Å². The SMILES string of the molecule is COc1ccc(-c2cnc(N)nc2-c2ccc(Br)cc2)nn1. The van der Waals surface area contributed by atoms with Crippen LogP contribution in [0.2, 0.25) is 0 Å².